The third-order valence-corrected chi connectivity index (χ3v) is 4.81. The van der Waals surface area contributed by atoms with Crippen molar-refractivity contribution < 1.29 is 14.4 Å². The van der Waals surface area contributed by atoms with Crippen LogP contribution in [-0.2, 0) is 4.79 Å². The Morgan fingerprint density at radius 1 is 1.40 bits per heavy atom. The minimum absolute atomic E-state index is 0.0511. The molecule has 0 aromatic carbocycles. The van der Waals surface area contributed by atoms with E-state index in [2.05, 4.69) is 29.5 Å². The summed E-state index contributed by atoms with van der Waals surface area (Å²) in [5, 5.41) is 7.75. The maximum Gasteiger partial charge on any atom is 0.317 e. The molecule has 0 aliphatic carbocycles. The van der Waals surface area contributed by atoms with Crippen molar-refractivity contribution in [1.82, 2.24) is 15.2 Å². The largest absolute Gasteiger partial charge is 0.338 e. The average molecular weight is 366 g/mol. The number of urea groups is 1. The third-order valence-electron chi connectivity index (χ3n) is 4.05. The van der Waals surface area contributed by atoms with Gasteiger partial charge in [-0.2, -0.15) is 0 Å². The molecule has 0 saturated carbocycles. The van der Waals surface area contributed by atoms with Crippen molar-refractivity contribution in [2.45, 2.75) is 40.0 Å². The van der Waals surface area contributed by atoms with Crippen LogP contribution in [0.4, 0.5) is 9.93 Å². The molecule has 25 heavy (non-hydrogen) atoms. The summed E-state index contributed by atoms with van der Waals surface area (Å²) in [6.45, 7) is 7.54. The summed E-state index contributed by atoms with van der Waals surface area (Å²) >= 11 is 1.24. The Balaban J connectivity index is 1.81. The molecule has 2 rings (SSSR count). The van der Waals surface area contributed by atoms with Crippen LogP contribution in [0.2, 0.25) is 0 Å². The van der Waals surface area contributed by atoms with E-state index in [1.54, 1.807) is 10.3 Å². The summed E-state index contributed by atoms with van der Waals surface area (Å²) < 4.78 is 0. The van der Waals surface area contributed by atoms with Crippen molar-refractivity contribution >= 4 is 34.2 Å². The Kier molecular flexibility index (Phi) is 6.92. The molecule has 1 aromatic rings. The number of ketones is 1. The van der Waals surface area contributed by atoms with E-state index in [0.29, 0.717) is 36.3 Å². The number of aromatic nitrogens is 1. The lowest BCUT2D eigenvalue weighted by molar-refractivity contribution is -0.117. The molecule has 1 atom stereocenters. The summed E-state index contributed by atoms with van der Waals surface area (Å²) in [6.07, 6.45) is 2.18. The Labute approximate surface area is 152 Å². The maximum absolute atomic E-state index is 12.2. The number of hydrogen-bond acceptors (Lipinski definition) is 5. The fourth-order valence-corrected chi connectivity index (χ4v) is 3.51. The highest BCUT2D eigenvalue weighted by Crippen LogP contribution is 2.21. The number of nitrogens with zero attached hydrogens (tertiary/aromatic N) is 2. The lowest BCUT2D eigenvalue weighted by Crippen LogP contribution is -2.46. The van der Waals surface area contributed by atoms with Gasteiger partial charge in [-0.1, -0.05) is 13.8 Å². The minimum atomic E-state index is -0.126. The van der Waals surface area contributed by atoms with E-state index in [1.165, 1.54) is 18.3 Å². The first-order valence-corrected chi connectivity index (χ1v) is 9.52. The van der Waals surface area contributed by atoms with Crippen molar-refractivity contribution in [3.63, 3.8) is 0 Å². The van der Waals surface area contributed by atoms with E-state index in [0.717, 1.165) is 19.4 Å². The van der Waals surface area contributed by atoms with Crippen molar-refractivity contribution in [3.05, 3.63) is 11.1 Å². The number of carbonyl (C=O) groups is 3. The Hall–Kier alpha value is -1.96. The number of carbonyl (C=O) groups excluding carboxylic acids is 3. The number of hydrogen-bond donors (Lipinski definition) is 2. The molecule has 8 heteroatoms. The number of thiazole rings is 1. The van der Waals surface area contributed by atoms with Gasteiger partial charge in [0.15, 0.2) is 10.9 Å². The monoisotopic (exact) mass is 366 g/mol. The van der Waals surface area contributed by atoms with E-state index in [1.807, 2.05) is 0 Å². The lowest BCUT2D eigenvalue weighted by atomic mass is 9.94. The van der Waals surface area contributed by atoms with E-state index in [9.17, 15) is 14.4 Å². The van der Waals surface area contributed by atoms with Gasteiger partial charge < -0.3 is 15.5 Å². The van der Waals surface area contributed by atoms with Gasteiger partial charge in [0.2, 0.25) is 5.91 Å². The van der Waals surface area contributed by atoms with Crippen LogP contribution in [0.5, 0.6) is 0 Å². The molecule has 3 amide bonds. The number of rotatable bonds is 6. The van der Waals surface area contributed by atoms with Crippen LogP contribution < -0.4 is 10.6 Å². The van der Waals surface area contributed by atoms with Gasteiger partial charge in [0, 0.05) is 38.4 Å². The number of nitrogens with one attached hydrogen (secondary N) is 2. The number of Topliss-reactive ketones (excluding diaryl/α,β-unsaturated/α-hetero) is 1. The van der Waals surface area contributed by atoms with Crippen molar-refractivity contribution in [2.24, 2.45) is 11.8 Å². The standard InChI is InChI=1S/C17H26N4O3S/c1-11(2)8-18-17(24)21-6-4-5-13(9-21)7-15(23)20-16-19-14(10-25-16)12(3)22/h10-11,13H,4-9H2,1-3H3,(H,18,24)(H,19,20,23). The second-order valence-corrected chi connectivity index (χ2v) is 7.74. The molecule has 0 bridgehead atoms. The first-order chi connectivity index (χ1) is 11.8. The molecular formula is C17H26N4O3S. The lowest BCUT2D eigenvalue weighted by Gasteiger charge is -2.32. The zero-order valence-corrected chi connectivity index (χ0v) is 15.8. The average Bonchev–Trinajstić information content (AvgIpc) is 3.01. The predicted molar refractivity (Wildman–Crippen MR) is 97.9 cm³/mol. The highest BCUT2D eigenvalue weighted by Gasteiger charge is 2.25. The third kappa shape index (κ3) is 6.12. The zero-order chi connectivity index (χ0) is 18.4. The first kappa shape index (κ1) is 19.4. The van der Waals surface area contributed by atoms with Crippen LogP contribution >= 0.6 is 11.3 Å². The van der Waals surface area contributed by atoms with Crippen molar-refractivity contribution in [1.29, 1.82) is 0 Å². The zero-order valence-electron chi connectivity index (χ0n) is 15.0. The Bertz CT molecular complexity index is 629. The molecule has 1 saturated heterocycles. The summed E-state index contributed by atoms with van der Waals surface area (Å²) in [4.78, 5) is 41.5. The fourth-order valence-electron chi connectivity index (χ4n) is 2.74. The van der Waals surface area contributed by atoms with E-state index in [4.69, 9.17) is 0 Å². The molecule has 7 nitrogen and oxygen atoms in total. The van der Waals surface area contributed by atoms with Gasteiger partial charge in [0.1, 0.15) is 5.69 Å². The maximum atomic E-state index is 12.2. The molecule has 2 N–H and O–H groups in total. The molecule has 1 aliphatic heterocycles. The minimum Gasteiger partial charge on any atom is -0.338 e. The van der Waals surface area contributed by atoms with E-state index in [-0.39, 0.29) is 23.6 Å². The van der Waals surface area contributed by atoms with E-state index >= 15 is 0 Å². The van der Waals surface area contributed by atoms with Gasteiger partial charge >= 0.3 is 6.03 Å². The quantitative estimate of drug-likeness (QED) is 0.757. The second-order valence-electron chi connectivity index (χ2n) is 6.88. The second kappa shape index (κ2) is 8.94. The molecule has 0 radical (unpaired) electrons. The van der Waals surface area contributed by atoms with Gasteiger partial charge in [-0.3, -0.25) is 9.59 Å². The molecule has 1 aliphatic rings. The van der Waals surface area contributed by atoms with Gasteiger partial charge in [0.05, 0.1) is 0 Å². The highest BCUT2D eigenvalue weighted by atomic mass is 32.1. The van der Waals surface area contributed by atoms with Gasteiger partial charge in [-0.25, -0.2) is 9.78 Å². The number of piperidine rings is 1. The molecule has 138 valence electrons. The van der Waals surface area contributed by atoms with Gasteiger partial charge in [-0.05, 0) is 24.7 Å². The molecule has 1 unspecified atom stereocenters. The number of anilines is 1. The topological polar surface area (TPSA) is 91.4 Å². The normalized spacial score (nSPS) is 17.4. The summed E-state index contributed by atoms with van der Waals surface area (Å²) in [7, 11) is 0. The number of amides is 3. The Morgan fingerprint density at radius 2 is 2.16 bits per heavy atom. The van der Waals surface area contributed by atoms with Crippen LogP contribution in [0.25, 0.3) is 0 Å². The molecule has 0 spiro atoms. The summed E-state index contributed by atoms with van der Waals surface area (Å²) in [5.74, 6) is 0.310. The molecular weight excluding hydrogens is 340 g/mol. The van der Waals surface area contributed by atoms with Crippen LogP contribution in [0, 0.1) is 11.8 Å². The van der Waals surface area contributed by atoms with Crippen molar-refractivity contribution in [3.8, 4) is 0 Å². The van der Waals surface area contributed by atoms with Crippen LogP contribution in [0.3, 0.4) is 0 Å². The number of likely N-dealkylation sites (tertiary alicyclic amines) is 1. The van der Waals surface area contributed by atoms with Crippen LogP contribution in [0.15, 0.2) is 5.38 Å². The van der Waals surface area contributed by atoms with Crippen LogP contribution in [-0.4, -0.2) is 47.2 Å². The molecule has 1 aromatic heterocycles. The first-order valence-electron chi connectivity index (χ1n) is 8.64. The highest BCUT2D eigenvalue weighted by molar-refractivity contribution is 7.14. The van der Waals surface area contributed by atoms with Crippen LogP contribution in [0.1, 0.15) is 50.5 Å². The summed E-state index contributed by atoms with van der Waals surface area (Å²) in [5.41, 5.74) is 0.367. The van der Waals surface area contributed by atoms with Gasteiger partial charge in [0.25, 0.3) is 0 Å². The SMILES string of the molecule is CC(=O)c1csc(NC(=O)CC2CCCN(C(=O)NCC(C)C)C2)n1. The van der Waals surface area contributed by atoms with Crippen molar-refractivity contribution in [2.75, 3.05) is 25.0 Å². The molecule has 2 heterocycles. The molecule has 1 fully saturated rings. The smallest absolute Gasteiger partial charge is 0.317 e. The Morgan fingerprint density at radius 3 is 2.80 bits per heavy atom. The van der Waals surface area contributed by atoms with E-state index < -0.39 is 0 Å². The summed E-state index contributed by atoms with van der Waals surface area (Å²) in [6, 6.07) is -0.0511. The predicted octanol–water partition coefficient (Wildman–Crippen LogP) is 2.75. The fraction of sp³-hybridized carbons (Fsp3) is 0.647. The van der Waals surface area contributed by atoms with Gasteiger partial charge in [-0.15, -0.1) is 11.3 Å².